The van der Waals surface area contributed by atoms with Gasteiger partial charge in [0, 0.05) is 18.8 Å². The number of fused-ring (bicyclic) bond motifs is 1. The summed E-state index contributed by atoms with van der Waals surface area (Å²) in [4.78, 5) is 28.2. The average molecular weight is 296 g/mol. The Labute approximate surface area is 128 Å². The summed E-state index contributed by atoms with van der Waals surface area (Å²) < 4.78 is 5.25. The lowest BCUT2D eigenvalue weighted by atomic mass is 9.98. The topological polar surface area (TPSA) is 68.3 Å². The van der Waals surface area contributed by atoms with Crippen LogP contribution in [0.15, 0.2) is 48.8 Å². The monoisotopic (exact) mass is 296 g/mol. The van der Waals surface area contributed by atoms with Crippen molar-refractivity contribution in [2.75, 3.05) is 0 Å². The Kier molecular flexibility index (Phi) is 3.87. The maximum absolute atomic E-state index is 12.3. The Balaban J connectivity index is 1.70. The van der Waals surface area contributed by atoms with E-state index in [1.165, 1.54) is 0 Å². The molecule has 1 amide bonds. The summed E-state index contributed by atoms with van der Waals surface area (Å²) in [7, 11) is 0. The van der Waals surface area contributed by atoms with Crippen molar-refractivity contribution in [2.24, 2.45) is 0 Å². The molecule has 112 valence electrons. The number of carbonyl (C=O) groups is 2. The first-order valence-electron chi connectivity index (χ1n) is 7.14. The van der Waals surface area contributed by atoms with Crippen molar-refractivity contribution in [2.45, 2.75) is 25.5 Å². The van der Waals surface area contributed by atoms with Gasteiger partial charge in [0.1, 0.15) is 0 Å². The number of ether oxygens (including phenoxy) is 1. The number of amides is 1. The maximum Gasteiger partial charge on any atom is 0.339 e. The van der Waals surface area contributed by atoms with Crippen LogP contribution in [0.4, 0.5) is 0 Å². The lowest BCUT2D eigenvalue weighted by Gasteiger charge is -2.25. The first kappa shape index (κ1) is 14.3. The number of aromatic nitrogens is 1. The molecule has 1 aliphatic rings. The van der Waals surface area contributed by atoms with E-state index in [0.717, 1.165) is 11.1 Å². The average Bonchev–Trinajstić information content (AvgIpc) is 2.55. The smallest absolute Gasteiger partial charge is 0.339 e. The number of nitrogens with zero attached hydrogens (tertiary/aromatic N) is 1. The van der Waals surface area contributed by atoms with Gasteiger partial charge >= 0.3 is 5.97 Å². The molecule has 0 aliphatic carbocycles. The van der Waals surface area contributed by atoms with Crippen LogP contribution in [-0.2, 0) is 16.0 Å². The van der Waals surface area contributed by atoms with Gasteiger partial charge in [-0.25, -0.2) is 4.79 Å². The molecule has 1 aromatic carbocycles. The van der Waals surface area contributed by atoms with Gasteiger partial charge < -0.3 is 10.1 Å². The van der Waals surface area contributed by atoms with Gasteiger partial charge in [0.15, 0.2) is 6.10 Å². The summed E-state index contributed by atoms with van der Waals surface area (Å²) in [6, 6.07) is 10.7. The highest BCUT2D eigenvalue weighted by atomic mass is 16.5. The molecule has 1 aliphatic heterocycles. The first-order valence-corrected chi connectivity index (χ1v) is 7.14. The molecule has 0 bridgehead atoms. The second-order valence-electron chi connectivity index (χ2n) is 5.27. The Morgan fingerprint density at radius 1 is 1.27 bits per heavy atom. The first-order chi connectivity index (χ1) is 10.6. The largest absolute Gasteiger partial charge is 0.448 e. The molecule has 5 nitrogen and oxygen atoms in total. The van der Waals surface area contributed by atoms with Crippen molar-refractivity contribution in [1.29, 1.82) is 0 Å². The molecule has 0 fully saturated rings. The second kappa shape index (κ2) is 5.97. The van der Waals surface area contributed by atoms with E-state index in [4.69, 9.17) is 4.74 Å². The van der Waals surface area contributed by atoms with E-state index in [9.17, 15) is 9.59 Å². The molecular formula is C17H16N2O3. The highest BCUT2D eigenvalue weighted by molar-refractivity contribution is 5.95. The van der Waals surface area contributed by atoms with Gasteiger partial charge in [0.2, 0.25) is 0 Å². The van der Waals surface area contributed by atoms with Crippen LogP contribution in [0.25, 0.3) is 0 Å². The third-order valence-corrected chi connectivity index (χ3v) is 3.75. The molecule has 1 N–H and O–H groups in total. The zero-order valence-electron chi connectivity index (χ0n) is 12.2. The molecule has 0 radical (unpaired) electrons. The fourth-order valence-corrected chi connectivity index (χ4v) is 2.52. The third kappa shape index (κ3) is 2.83. The van der Waals surface area contributed by atoms with Crippen LogP contribution in [0.3, 0.4) is 0 Å². The number of carbonyl (C=O) groups excluding carboxylic acids is 2. The van der Waals surface area contributed by atoms with Crippen LogP contribution in [0, 0.1) is 0 Å². The van der Waals surface area contributed by atoms with E-state index in [2.05, 4.69) is 10.3 Å². The van der Waals surface area contributed by atoms with Gasteiger partial charge in [-0.1, -0.05) is 18.2 Å². The summed E-state index contributed by atoms with van der Waals surface area (Å²) in [5.74, 6) is -0.731. The summed E-state index contributed by atoms with van der Waals surface area (Å²) in [6.45, 7) is 1.88. The van der Waals surface area contributed by atoms with Crippen molar-refractivity contribution in [3.05, 3.63) is 65.5 Å². The molecule has 2 aromatic rings. The van der Waals surface area contributed by atoms with Gasteiger partial charge in [-0.15, -0.1) is 0 Å². The minimum Gasteiger partial charge on any atom is -0.448 e. The molecule has 1 aromatic heterocycles. The lowest BCUT2D eigenvalue weighted by Crippen LogP contribution is -2.42. The van der Waals surface area contributed by atoms with Crippen LogP contribution in [0.1, 0.15) is 34.5 Å². The number of hydrogen-bond acceptors (Lipinski definition) is 4. The fourth-order valence-electron chi connectivity index (χ4n) is 2.52. The van der Waals surface area contributed by atoms with Crippen molar-refractivity contribution in [3.8, 4) is 0 Å². The van der Waals surface area contributed by atoms with Gasteiger partial charge in [0.05, 0.1) is 11.6 Å². The number of esters is 1. The number of benzene rings is 1. The Morgan fingerprint density at radius 2 is 2.00 bits per heavy atom. The number of hydrogen-bond donors (Lipinski definition) is 1. The summed E-state index contributed by atoms with van der Waals surface area (Å²) in [5, 5.41) is 2.87. The number of pyridine rings is 1. The number of nitrogens with one attached hydrogen (secondary N) is 1. The van der Waals surface area contributed by atoms with Crippen molar-refractivity contribution >= 4 is 11.9 Å². The molecular weight excluding hydrogens is 280 g/mol. The minimum atomic E-state index is -0.785. The molecule has 0 saturated carbocycles. The maximum atomic E-state index is 12.3. The Bertz CT molecular complexity index is 700. The van der Waals surface area contributed by atoms with E-state index in [0.29, 0.717) is 12.0 Å². The van der Waals surface area contributed by atoms with Crippen LogP contribution < -0.4 is 5.32 Å². The molecule has 2 heterocycles. The molecule has 0 spiro atoms. The van der Waals surface area contributed by atoms with Gasteiger partial charge in [-0.3, -0.25) is 9.78 Å². The Hall–Kier alpha value is -2.69. The predicted octanol–water partition coefficient (Wildman–Crippen LogP) is 2.04. The van der Waals surface area contributed by atoms with E-state index >= 15 is 0 Å². The van der Waals surface area contributed by atoms with Crippen LogP contribution in [-0.4, -0.2) is 23.0 Å². The summed E-state index contributed by atoms with van der Waals surface area (Å²) in [6.07, 6.45) is 2.97. The summed E-state index contributed by atoms with van der Waals surface area (Å²) in [5.41, 5.74) is 2.33. The molecule has 5 heteroatoms. The van der Waals surface area contributed by atoms with Gasteiger partial charge in [-0.2, -0.15) is 0 Å². The lowest BCUT2D eigenvalue weighted by molar-refractivity contribution is -0.131. The van der Waals surface area contributed by atoms with Crippen molar-refractivity contribution in [3.63, 3.8) is 0 Å². The third-order valence-electron chi connectivity index (χ3n) is 3.75. The number of cyclic esters (lactones) is 1. The van der Waals surface area contributed by atoms with E-state index in [1.807, 2.05) is 31.2 Å². The van der Waals surface area contributed by atoms with E-state index < -0.39 is 12.1 Å². The Morgan fingerprint density at radius 3 is 2.77 bits per heavy atom. The standard InChI is InChI=1S/C17H16N2O3/c1-11(12-6-8-18-9-7-12)19-16(20)15-10-13-4-2-3-5-14(13)17(21)22-15/h2-9,11,15H,10H2,1H3,(H,19,20). The quantitative estimate of drug-likeness (QED) is 0.880. The van der Waals surface area contributed by atoms with Crippen LogP contribution >= 0.6 is 0 Å². The SMILES string of the molecule is CC(NC(=O)C1Cc2ccccc2C(=O)O1)c1ccncc1. The second-order valence-corrected chi connectivity index (χ2v) is 5.27. The zero-order valence-corrected chi connectivity index (χ0v) is 12.2. The highest BCUT2D eigenvalue weighted by Gasteiger charge is 2.31. The van der Waals surface area contributed by atoms with Crippen molar-refractivity contribution in [1.82, 2.24) is 10.3 Å². The van der Waals surface area contributed by atoms with Gasteiger partial charge in [0.25, 0.3) is 5.91 Å². The molecule has 2 atom stereocenters. The van der Waals surface area contributed by atoms with E-state index in [-0.39, 0.29) is 11.9 Å². The highest BCUT2D eigenvalue weighted by Crippen LogP contribution is 2.21. The van der Waals surface area contributed by atoms with Crippen LogP contribution in [0.2, 0.25) is 0 Å². The number of rotatable bonds is 3. The normalized spacial score (nSPS) is 18.0. The summed E-state index contributed by atoms with van der Waals surface area (Å²) >= 11 is 0. The predicted molar refractivity (Wildman–Crippen MR) is 80.1 cm³/mol. The molecule has 3 rings (SSSR count). The molecule has 0 saturated heterocycles. The minimum absolute atomic E-state index is 0.175. The zero-order chi connectivity index (χ0) is 15.5. The van der Waals surface area contributed by atoms with E-state index in [1.54, 1.807) is 24.5 Å². The van der Waals surface area contributed by atoms with Crippen LogP contribution in [0.5, 0.6) is 0 Å². The molecule has 22 heavy (non-hydrogen) atoms. The fraction of sp³-hybridized carbons (Fsp3) is 0.235. The van der Waals surface area contributed by atoms with Crippen molar-refractivity contribution < 1.29 is 14.3 Å². The van der Waals surface area contributed by atoms with Gasteiger partial charge in [-0.05, 0) is 36.2 Å². The molecule has 2 unspecified atom stereocenters.